The molecule has 0 atom stereocenters. The van der Waals surface area contributed by atoms with Crippen molar-refractivity contribution < 1.29 is 4.79 Å². The van der Waals surface area contributed by atoms with Crippen LogP contribution in [-0.4, -0.2) is 5.78 Å². The van der Waals surface area contributed by atoms with Crippen LogP contribution in [0.25, 0.3) is 0 Å². The molecule has 0 heterocycles. The summed E-state index contributed by atoms with van der Waals surface area (Å²) in [7, 11) is 0. The molecule has 0 bridgehead atoms. The second-order valence-electron chi connectivity index (χ2n) is 3.37. The van der Waals surface area contributed by atoms with E-state index in [1.54, 1.807) is 0 Å². The van der Waals surface area contributed by atoms with E-state index in [1.165, 1.54) is 0 Å². The van der Waals surface area contributed by atoms with Crippen LogP contribution in [0.2, 0.25) is 0 Å². The minimum Gasteiger partial charge on any atom is -0.289 e. The Balaban J connectivity index is 2.76. The smallest absolute Gasteiger partial charge is 0.188 e. The van der Waals surface area contributed by atoms with Crippen LogP contribution in [0.3, 0.4) is 0 Å². The molecule has 1 nitrogen and oxygen atoms in total. The van der Waals surface area contributed by atoms with E-state index in [0.717, 1.165) is 24.0 Å². The number of benzene rings is 1. The molecule has 0 amide bonds. The molecule has 0 N–H and O–H groups in total. The number of carbonyl (C=O) groups is 1. The number of hydrogen-bond acceptors (Lipinski definition) is 1. The fourth-order valence-electron chi connectivity index (χ4n) is 1.27. The summed E-state index contributed by atoms with van der Waals surface area (Å²) >= 11 is 0. The first kappa shape index (κ1) is 10.7. The van der Waals surface area contributed by atoms with Crippen molar-refractivity contribution in [3.63, 3.8) is 0 Å². The minimum absolute atomic E-state index is 0.138. The predicted molar refractivity (Wildman–Crippen MR) is 59.4 cm³/mol. The van der Waals surface area contributed by atoms with Gasteiger partial charge in [-0.25, -0.2) is 0 Å². The third kappa shape index (κ3) is 2.84. The van der Waals surface area contributed by atoms with Crippen molar-refractivity contribution in [2.45, 2.75) is 26.7 Å². The molecule has 1 aromatic carbocycles. The van der Waals surface area contributed by atoms with Crippen molar-refractivity contribution >= 4 is 5.78 Å². The van der Waals surface area contributed by atoms with E-state index in [0.29, 0.717) is 0 Å². The van der Waals surface area contributed by atoms with Crippen molar-refractivity contribution in [2.75, 3.05) is 0 Å². The average molecular weight is 188 g/mol. The number of carbonyl (C=O) groups excluding carboxylic acids is 1. The highest BCUT2D eigenvalue weighted by molar-refractivity contribution is 6.08. The number of Topliss-reactive ketones (excluding diaryl/α,β-unsaturated/α-hetero) is 1. The fraction of sp³-hybridized carbons (Fsp3) is 0.308. The SMILES string of the molecule is CCC/C=C(\C)C(=O)c1ccccc1. The highest BCUT2D eigenvalue weighted by Crippen LogP contribution is 2.08. The van der Waals surface area contributed by atoms with Crippen molar-refractivity contribution in [1.29, 1.82) is 0 Å². The zero-order valence-corrected chi connectivity index (χ0v) is 8.79. The number of unbranched alkanes of at least 4 members (excludes halogenated alkanes) is 1. The van der Waals surface area contributed by atoms with E-state index in [1.807, 2.05) is 43.3 Å². The van der Waals surface area contributed by atoms with Gasteiger partial charge in [0, 0.05) is 5.56 Å². The van der Waals surface area contributed by atoms with Gasteiger partial charge in [0.2, 0.25) is 0 Å². The highest BCUT2D eigenvalue weighted by Gasteiger charge is 2.05. The van der Waals surface area contributed by atoms with Crippen molar-refractivity contribution in [1.82, 2.24) is 0 Å². The first-order valence-electron chi connectivity index (χ1n) is 5.02. The lowest BCUT2D eigenvalue weighted by atomic mass is 10.0. The Labute approximate surface area is 85.5 Å². The lowest BCUT2D eigenvalue weighted by Gasteiger charge is -2.00. The van der Waals surface area contributed by atoms with Gasteiger partial charge in [0.15, 0.2) is 5.78 Å². The van der Waals surface area contributed by atoms with Gasteiger partial charge in [-0.3, -0.25) is 4.79 Å². The van der Waals surface area contributed by atoms with Crippen LogP contribution >= 0.6 is 0 Å². The Hall–Kier alpha value is -1.37. The Morgan fingerprint density at radius 1 is 1.29 bits per heavy atom. The first-order valence-corrected chi connectivity index (χ1v) is 5.02. The molecule has 74 valence electrons. The summed E-state index contributed by atoms with van der Waals surface area (Å²) in [6.45, 7) is 3.99. The first-order chi connectivity index (χ1) is 6.75. The lowest BCUT2D eigenvalue weighted by Crippen LogP contribution is -1.99. The van der Waals surface area contributed by atoms with Crippen LogP contribution in [0, 0.1) is 0 Å². The molecule has 0 aliphatic carbocycles. The molecular formula is C13H16O. The van der Waals surface area contributed by atoms with Crippen molar-refractivity contribution in [3.05, 3.63) is 47.5 Å². The second-order valence-corrected chi connectivity index (χ2v) is 3.37. The molecule has 0 spiro atoms. The molecule has 0 radical (unpaired) electrons. The van der Waals surface area contributed by atoms with Gasteiger partial charge in [-0.05, 0) is 18.9 Å². The summed E-state index contributed by atoms with van der Waals surface area (Å²) in [6.07, 6.45) is 4.07. The molecule has 14 heavy (non-hydrogen) atoms. The molecule has 1 heteroatoms. The molecule has 0 saturated heterocycles. The summed E-state index contributed by atoms with van der Waals surface area (Å²) in [6, 6.07) is 9.40. The van der Waals surface area contributed by atoms with E-state index in [2.05, 4.69) is 6.92 Å². The van der Waals surface area contributed by atoms with E-state index in [4.69, 9.17) is 0 Å². The van der Waals surface area contributed by atoms with E-state index >= 15 is 0 Å². The topological polar surface area (TPSA) is 17.1 Å². The Morgan fingerprint density at radius 3 is 2.50 bits per heavy atom. The molecule has 0 aliphatic rings. The van der Waals surface area contributed by atoms with Crippen LogP contribution in [0.5, 0.6) is 0 Å². The third-order valence-electron chi connectivity index (χ3n) is 2.13. The summed E-state index contributed by atoms with van der Waals surface area (Å²) in [5.74, 6) is 0.138. The van der Waals surface area contributed by atoms with Gasteiger partial charge in [-0.15, -0.1) is 0 Å². The Morgan fingerprint density at radius 2 is 1.93 bits per heavy atom. The maximum atomic E-state index is 11.8. The lowest BCUT2D eigenvalue weighted by molar-refractivity contribution is 0.103. The summed E-state index contributed by atoms with van der Waals surface area (Å²) in [5, 5.41) is 0. The van der Waals surface area contributed by atoms with Crippen LogP contribution in [0.15, 0.2) is 42.0 Å². The van der Waals surface area contributed by atoms with Crippen LogP contribution < -0.4 is 0 Å². The molecule has 0 fully saturated rings. The van der Waals surface area contributed by atoms with Crippen molar-refractivity contribution in [3.8, 4) is 0 Å². The summed E-state index contributed by atoms with van der Waals surface area (Å²) in [5.41, 5.74) is 1.62. The Bertz CT molecular complexity index is 322. The van der Waals surface area contributed by atoms with Gasteiger partial charge in [-0.1, -0.05) is 49.8 Å². The molecular weight excluding hydrogens is 172 g/mol. The van der Waals surface area contributed by atoms with Gasteiger partial charge in [0.25, 0.3) is 0 Å². The van der Waals surface area contributed by atoms with E-state index in [9.17, 15) is 4.79 Å². The zero-order valence-electron chi connectivity index (χ0n) is 8.79. The Kier molecular flexibility index (Phi) is 4.11. The highest BCUT2D eigenvalue weighted by atomic mass is 16.1. The summed E-state index contributed by atoms with van der Waals surface area (Å²) < 4.78 is 0. The molecule has 0 saturated carbocycles. The van der Waals surface area contributed by atoms with Crippen LogP contribution in [0.4, 0.5) is 0 Å². The van der Waals surface area contributed by atoms with Gasteiger partial charge in [0.1, 0.15) is 0 Å². The molecule has 0 aliphatic heterocycles. The van der Waals surface area contributed by atoms with E-state index in [-0.39, 0.29) is 5.78 Å². The largest absolute Gasteiger partial charge is 0.289 e. The van der Waals surface area contributed by atoms with E-state index < -0.39 is 0 Å². The van der Waals surface area contributed by atoms with Gasteiger partial charge >= 0.3 is 0 Å². The van der Waals surface area contributed by atoms with Gasteiger partial charge in [-0.2, -0.15) is 0 Å². The number of hydrogen-bond donors (Lipinski definition) is 0. The normalized spacial score (nSPS) is 11.4. The molecule has 0 aromatic heterocycles. The van der Waals surface area contributed by atoms with Crippen molar-refractivity contribution in [2.24, 2.45) is 0 Å². The maximum absolute atomic E-state index is 11.8. The number of rotatable bonds is 4. The quantitative estimate of drug-likeness (QED) is 0.521. The molecule has 0 unspecified atom stereocenters. The second kappa shape index (κ2) is 5.38. The third-order valence-corrected chi connectivity index (χ3v) is 2.13. The standard InChI is InChI=1S/C13H16O/c1-3-4-8-11(2)13(14)12-9-6-5-7-10-12/h5-10H,3-4H2,1-2H3/b11-8+. The predicted octanol–water partition coefficient (Wildman–Crippen LogP) is 3.62. The van der Waals surface area contributed by atoms with Gasteiger partial charge < -0.3 is 0 Å². The number of ketones is 1. The average Bonchev–Trinajstić information content (AvgIpc) is 2.26. The van der Waals surface area contributed by atoms with Gasteiger partial charge in [0.05, 0.1) is 0 Å². The maximum Gasteiger partial charge on any atom is 0.188 e. The molecule has 1 aromatic rings. The summed E-state index contributed by atoms with van der Waals surface area (Å²) in [4.78, 5) is 11.8. The zero-order chi connectivity index (χ0) is 10.4. The monoisotopic (exact) mass is 188 g/mol. The number of allylic oxidation sites excluding steroid dienone is 2. The minimum atomic E-state index is 0.138. The van der Waals surface area contributed by atoms with Crippen LogP contribution in [-0.2, 0) is 0 Å². The molecule has 1 rings (SSSR count). The fourth-order valence-corrected chi connectivity index (χ4v) is 1.27. The van der Waals surface area contributed by atoms with Crippen LogP contribution in [0.1, 0.15) is 37.0 Å².